The third-order valence-corrected chi connectivity index (χ3v) is 5.14. The molecule has 0 atom stereocenters. The van der Waals surface area contributed by atoms with Crippen molar-refractivity contribution in [3.8, 4) is 5.69 Å². The van der Waals surface area contributed by atoms with Gasteiger partial charge >= 0.3 is 0 Å². The monoisotopic (exact) mass is 360 g/mol. The third-order valence-electron chi connectivity index (χ3n) is 4.32. The van der Waals surface area contributed by atoms with E-state index in [4.69, 9.17) is 0 Å². The lowest BCUT2D eigenvalue weighted by Crippen LogP contribution is -2.02. The highest BCUT2D eigenvalue weighted by atomic mass is 32.2. The number of hydrogen-bond donors (Lipinski definition) is 1. The fourth-order valence-electron chi connectivity index (χ4n) is 2.87. The van der Waals surface area contributed by atoms with Gasteiger partial charge < -0.3 is 4.72 Å². The van der Waals surface area contributed by atoms with E-state index in [0.29, 0.717) is 5.92 Å². The summed E-state index contributed by atoms with van der Waals surface area (Å²) in [6, 6.07) is 20.7. The van der Waals surface area contributed by atoms with Gasteiger partial charge in [-0.2, -0.15) is 5.10 Å². The first-order valence-corrected chi connectivity index (χ1v) is 9.45. The van der Waals surface area contributed by atoms with Crippen LogP contribution in [0.5, 0.6) is 0 Å². The van der Waals surface area contributed by atoms with Crippen LogP contribution in [-0.2, 0) is 0 Å². The maximum Gasteiger partial charge on any atom is 0.139 e. The number of pyridine rings is 1. The van der Waals surface area contributed by atoms with Crippen molar-refractivity contribution in [2.75, 3.05) is 4.72 Å². The Morgan fingerprint density at radius 2 is 1.73 bits per heavy atom. The molecule has 0 spiro atoms. The first-order valence-electron chi connectivity index (χ1n) is 8.63. The van der Waals surface area contributed by atoms with E-state index in [2.05, 4.69) is 59.0 Å². The highest BCUT2D eigenvalue weighted by Crippen LogP contribution is 2.27. The summed E-state index contributed by atoms with van der Waals surface area (Å²) >= 11 is 1.59. The van der Waals surface area contributed by atoms with Crippen molar-refractivity contribution >= 4 is 28.7 Å². The van der Waals surface area contributed by atoms with E-state index in [1.54, 1.807) is 18.1 Å². The van der Waals surface area contributed by atoms with Crippen LogP contribution >= 0.6 is 11.9 Å². The molecular formula is C21H20N4S. The van der Waals surface area contributed by atoms with Crippen LogP contribution in [0, 0.1) is 0 Å². The molecule has 5 heteroatoms. The Balaban J connectivity index is 1.59. The molecule has 0 aliphatic rings. The van der Waals surface area contributed by atoms with E-state index in [0.717, 1.165) is 22.4 Å². The summed E-state index contributed by atoms with van der Waals surface area (Å²) in [5, 5.41) is 5.58. The molecule has 4 aromatic rings. The minimum absolute atomic E-state index is 0.545. The highest BCUT2D eigenvalue weighted by molar-refractivity contribution is 8.00. The number of rotatable bonds is 5. The molecule has 4 nitrogen and oxygen atoms in total. The molecule has 0 fully saturated rings. The average molecular weight is 360 g/mol. The molecule has 4 rings (SSSR count). The molecule has 0 radical (unpaired) electrons. The van der Waals surface area contributed by atoms with Crippen molar-refractivity contribution in [3.05, 3.63) is 78.6 Å². The van der Waals surface area contributed by atoms with Crippen molar-refractivity contribution in [2.45, 2.75) is 24.7 Å². The minimum Gasteiger partial charge on any atom is -0.310 e. The summed E-state index contributed by atoms with van der Waals surface area (Å²) in [6.45, 7) is 4.41. The summed E-state index contributed by atoms with van der Waals surface area (Å²) < 4.78 is 5.33. The number of para-hydroxylation sites is 1. The SMILES string of the molecule is CC(C)c1ccc(SNc2ccnn2-c2ccnc3ccccc23)cc1. The van der Waals surface area contributed by atoms with Crippen LogP contribution in [0.2, 0.25) is 0 Å². The predicted octanol–water partition coefficient (Wildman–Crippen LogP) is 5.66. The lowest BCUT2D eigenvalue weighted by Gasteiger charge is -2.12. The average Bonchev–Trinajstić information content (AvgIpc) is 3.14. The smallest absolute Gasteiger partial charge is 0.139 e. The Bertz CT molecular complexity index is 1020. The van der Waals surface area contributed by atoms with Gasteiger partial charge in [0.1, 0.15) is 5.82 Å². The molecule has 2 heterocycles. The molecule has 0 aliphatic carbocycles. The van der Waals surface area contributed by atoms with Gasteiger partial charge in [0.2, 0.25) is 0 Å². The van der Waals surface area contributed by atoms with Gasteiger partial charge in [0.05, 0.1) is 17.4 Å². The summed E-state index contributed by atoms with van der Waals surface area (Å²) in [6.07, 6.45) is 3.63. The molecule has 0 bridgehead atoms. The zero-order valence-electron chi connectivity index (χ0n) is 14.8. The van der Waals surface area contributed by atoms with Gasteiger partial charge in [0.25, 0.3) is 0 Å². The Hall–Kier alpha value is -2.79. The first kappa shape index (κ1) is 16.7. The maximum atomic E-state index is 4.50. The Morgan fingerprint density at radius 1 is 0.923 bits per heavy atom. The van der Waals surface area contributed by atoms with E-state index in [9.17, 15) is 0 Å². The van der Waals surface area contributed by atoms with Crippen LogP contribution in [-0.4, -0.2) is 14.8 Å². The Labute approximate surface area is 157 Å². The van der Waals surface area contributed by atoms with Crippen LogP contribution in [0.15, 0.2) is 78.0 Å². The topological polar surface area (TPSA) is 42.7 Å². The predicted molar refractivity (Wildman–Crippen MR) is 109 cm³/mol. The van der Waals surface area contributed by atoms with Crippen LogP contribution < -0.4 is 4.72 Å². The van der Waals surface area contributed by atoms with Crippen molar-refractivity contribution < 1.29 is 0 Å². The molecule has 0 unspecified atom stereocenters. The lowest BCUT2D eigenvalue weighted by atomic mass is 10.0. The molecule has 0 saturated heterocycles. The van der Waals surface area contributed by atoms with Crippen molar-refractivity contribution in [1.82, 2.24) is 14.8 Å². The standard InChI is InChI=1S/C21H20N4S/c1-15(2)16-7-9-17(10-8-16)26-24-21-12-14-23-25(21)20-11-13-22-19-6-4-3-5-18(19)20/h3-15,24H,1-2H3. The van der Waals surface area contributed by atoms with Crippen LogP contribution in [0.25, 0.3) is 16.6 Å². The number of hydrogen-bond acceptors (Lipinski definition) is 4. The van der Waals surface area contributed by atoms with Crippen LogP contribution in [0.3, 0.4) is 0 Å². The zero-order chi connectivity index (χ0) is 17.9. The molecular weight excluding hydrogens is 340 g/mol. The van der Waals surface area contributed by atoms with Gasteiger partial charge in [-0.1, -0.05) is 44.2 Å². The second-order valence-corrected chi connectivity index (χ2v) is 7.28. The highest BCUT2D eigenvalue weighted by Gasteiger charge is 2.09. The largest absolute Gasteiger partial charge is 0.310 e. The molecule has 0 aliphatic heterocycles. The number of fused-ring (bicyclic) bond motifs is 1. The molecule has 1 N–H and O–H groups in total. The lowest BCUT2D eigenvalue weighted by molar-refractivity contribution is 0.865. The van der Waals surface area contributed by atoms with Gasteiger partial charge in [-0.05, 0) is 47.7 Å². The van der Waals surface area contributed by atoms with E-state index in [-0.39, 0.29) is 0 Å². The molecule has 2 aromatic carbocycles. The van der Waals surface area contributed by atoms with Gasteiger partial charge in [0.15, 0.2) is 0 Å². The number of anilines is 1. The quantitative estimate of drug-likeness (QED) is 0.466. The number of nitrogens with one attached hydrogen (secondary N) is 1. The van der Waals surface area contributed by atoms with Crippen molar-refractivity contribution in [1.29, 1.82) is 0 Å². The summed E-state index contributed by atoms with van der Waals surface area (Å²) in [5.74, 6) is 1.47. The van der Waals surface area contributed by atoms with Gasteiger partial charge in [-0.3, -0.25) is 4.98 Å². The third kappa shape index (κ3) is 3.30. The fourth-order valence-corrected chi connectivity index (χ4v) is 3.52. The van der Waals surface area contributed by atoms with Crippen molar-refractivity contribution in [3.63, 3.8) is 0 Å². The first-order chi connectivity index (χ1) is 12.7. The fraction of sp³-hybridized carbons (Fsp3) is 0.143. The summed E-state index contributed by atoms with van der Waals surface area (Å²) in [4.78, 5) is 5.60. The van der Waals surface area contributed by atoms with Gasteiger partial charge in [-0.25, -0.2) is 4.68 Å². The summed E-state index contributed by atoms with van der Waals surface area (Å²) in [5.41, 5.74) is 3.32. The van der Waals surface area contributed by atoms with Gasteiger partial charge in [0, 0.05) is 22.5 Å². The molecule has 130 valence electrons. The van der Waals surface area contributed by atoms with E-state index >= 15 is 0 Å². The van der Waals surface area contributed by atoms with Gasteiger partial charge in [-0.15, -0.1) is 0 Å². The molecule has 0 amide bonds. The minimum atomic E-state index is 0.545. The second-order valence-electron chi connectivity index (χ2n) is 6.40. The van der Waals surface area contributed by atoms with Crippen LogP contribution in [0.1, 0.15) is 25.3 Å². The molecule has 2 aromatic heterocycles. The normalized spacial score (nSPS) is 11.2. The van der Waals surface area contributed by atoms with E-state index in [1.165, 1.54) is 10.5 Å². The maximum absolute atomic E-state index is 4.50. The molecule has 26 heavy (non-hydrogen) atoms. The number of nitrogens with zero attached hydrogens (tertiary/aromatic N) is 3. The Morgan fingerprint density at radius 3 is 2.54 bits per heavy atom. The Kier molecular flexibility index (Phi) is 4.63. The number of aromatic nitrogens is 3. The van der Waals surface area contributed by atoms with E-state index < -0.39 is 0 Å². The zero-order valence-corrected chi connectivity index (χ0v) is 15.6. The number of benzene rings is 2. The van der Waals surface area contributed by atoms with Crippen LogP contribution in [0.4, 0.5) is 5.82 Å². The molecule has 0 saturated carbocycles. The summed E-state index contributed by atoms with van der Waals surface area (Å²) in [7, 11) is 0. The second kappa shape index (κ2) is 7.22. The van der Waals surface area contributed by atoms with Crippen molar-refractivity contribution in [2.24, 2.45) is 0 Å². The van der Waals surface area contributed by atoms with E-state index in [1.807, 2.05) is 41.2 Å².